The molecule has 15 heteroatoms. The second-order valence-corrected chi connectivity index (χ2v) is 22.1. The quantitative estimate of drug-likeness (QED) is 0.0741. The van der Waals surface area contributed by atoms with Gasteiger partial charge < -0.3 is 23.8 Å². The number of aryl methyl sites for hydroxylation is 1. The van der Waals surface area contributed by atoms with Crippen LogP contribution in [0.25, 0.3) is 0 Å². The van der Waals surface area contributed by atoms with E-state index in [9.17, 15) is 18.0 Å². The van der Waals surface area contributed by atoms with Crippen molar-refractivity contribution >= 4 is 22.1 Å². The summed E-state index contributed by atoms with van der Waals surface area (Å²) in [5, 5.41) is 11.3. The number of hydrogen-bond acceptors (Lipinski definition) is 14. The van der Waals surface area contributed by atoms with Gasteiger partial charge in [0.2, 0.25) is 11.8 Å². The second kappa shape index (κ2) is 25.9. The van der Waals surface area contributed by atoms with E-state index < -0.39 is 21.3 Å². The summed E-state index contributed by atoms with van der Waals surface area (Å²) in [6.07, 6.45) is 19.7. The Labute approximate surface area is 383 Å². The SMILES string of the molecule is CC(C)CNCc1noc([C@H](CCCC2CCCCC2)CC(=O)OC(C)(C)C)n1.Cc1ccc(S(=O)(=O)OCc2noc([C@H](CCCC3CCCCC3)CC(=O)OC(C)(C)C)n2)cc1. The second-order valence-electron chi connectivity index (χ2n) is 20.5. The summed E-state index contributed by atoms with van der Waals surface area (Å²) < 4.78 is 52.1. The van der Waals surface area contributed by atoms with Gasteiger partial charge in [-0.2, -0.15) is 18.4 Å². The maximum atomic E-state index is 12.5. The zero-order chi connectivity index (χ0) is 46.8. The standard InChI is InChI=1S/C26H38N2O6S.C23H41N3O3/c1-19-13-15-22(16-14-19)35(30,31)32-18-23-27-25(34-28-23)21(17-24(29)33-26(2,3)4)12-8-11-20-9-6-5-7-10-20;1-17(2)15-24-16-20-25-22(29-26-20)19(14-21(27)28-23(3,4)5)13-9-12-18-10-7-6-8-11-18/h13-16,20-21H,5-12,17-18H2,1-4H3;17-19,24H,6-16H2,1-5H3/t21-;19-/m11/s1. The van der Waals surface area contributed by atoms with Crippen LogP contribution in [0.1, 0.15) is 212 Å². The van der Waals surface area contributed by atoms with Crippen LogP contribution in [0.4, 0.5) is 0 Å². The number of aromatic nitrogens is 4. The number of esters is 2. The molecule has 0 amide bonds. The van der Waals surface area contributed by atoms with Crippen molar-refractivity contribution in [2.45, 2.75) is 219 Å². The minimum absolute atomic E-state index is 0.0670. The van der Waals surface area contributed by atoms with Gasteiger partial charge in [-0.05, 0) is 97.7 Å². The smallest absolute Gasteiger partial charge is 0.307 e. The third-order valence-electron chi connectivity index (χ3n) is 11.6. The summed E-state index contributed by atoms with van der Waals surface area (Å²) in [5.74, 6) is 2.93. The number of carbonyl (C=O) groups excluding carboxylic acids is 2. The van der Waals surface area contributed by atoms with E-state index in [1.54, 1.807) is 12.1 Å². The van der Waals surface area contributed by atoms with Gasteiger partial charge in [0.15, 0.2) is 11.6 Å². The first-order valence-corrected chi connectivity index (χ1v) is 25.4. The average molecular weight is 914 g/mol. The molecule has 2 atom stereocenters. The maximum absolute atomic E-state index is 12.5. The third kappa shape index (κ3) is 20.6. The molecule has 0 bridgehead atoms. The van der Waals surface area contributed by atoms with E-state index in [0.29, 0.717) is 36.5 Å². The van der Waals surface area contributed by atoms with Gasteiger partial charge in [-0.3, -0.25) is 13.8 Å². The summed E-state index contributed by atoms with van der Waals surface area (Å²) in [7, 11) is -3.95. The summed E-state index contributed by atoms with van der Waals surface area (Å²) >= 11 is 0. The Morgan fingerprint density at radius 3 is 1.62 bits per heavy atom. The normalized spacial score (nSPS) is 16.5. The van der Waals surface area contributed by atoms with E-state index >= 15 is 0 Å². The Morgan fingerprint density at radius 2 is 1.17 bits per heavy atom. The maximum Gasteiger partial charge on any atom is 0.307 e. The van der Waals surface area contributed by atoms with Gasteiger partial charge in [0.1, 0.15) is 17.8 Å². The fourth-order valence-electron chi connectivity index (χ4n) is 8.42. The van der Waals surface area contributed by atoms with E-state index in [0.717, 1.165) is 56.0 Å². The molecule has 2 saturated carbocycles. The highest BCUT2D eigenvalue weighted by Gasteiger charge is 2.29. The molecule has 360 valence electrons. The number of carbonyl (C=O) groups is 2. The van der Waals surface area contributed by atoms with Crippen LogP contribution in [0.15, 0.2) is 38.2 Å². The highest BCUT2D eigenvalue weighted by Crippen LogP contribution is 2.33. The zero-order valence-corrected chi connectivity index (χ0v) is 41.2. The lowest BCUT2D eigenvalue weighted by molar-refractivity contribution is -0.156. The van der Waals surface area contributed by atoms with E-state index in [1.807, 2.05) is 48.5 Å². The van der Waals surface area contributed by atoms with Gasteiger partial charge in [0.05, 0.1) is 24.3 Å². The van der Waals surface area contributed by atoms with Gasteiger partial charge in [-0.1, -0.05) is 132 Å². The summed E-state index contributed by atoms with van der Waals surface area (Å²) in [6, 6.07) is 6.40. The first-order chi connectivity index (χ1) is 30.2. The molecule has 1 N–H and O–H groups in total. The molecular weight excluding hydrogens is 835 g/mol. The molecule has 3 aromatic rings. The van der Waals surface area contributed by atoms with Crippen molar-refractivity contribution in [2.75, 3.05) is 6.54 Å². The Kier molecular flexibility index (Phi) is 21.4. The highest BCUT2D eigenvalue weighted by atomic mass is 32.2. The molecule has 2 aliphatic rings. The molecule has 0 unspecified atom stereocenters. The topological polar surface area (TPSA) is 186 Å². The molecular formula is C49H79N5O9S. The number of hydrogen-bond donors (Lipinski definition) is 1. The summed E-state index contributed by atoms with van der Waals surface area (Å²) in [5.41, 5.74) is -0.113. The van der Waals surface area contributed by atoms with Gasteiger partial charge in [-0.25, -0.2) is 0 Å². The first-order valence-electron chi connectivity index (χ1n) is 24.0. The van der Waals surface area contributed by atoms with Crippen molar-refractivity contribution in [1.29, 1.82) is 0 Å². The number of rotatable bonds is 22. The van der Waals surface area contributed by atoms with E-state index in [-0.39, 0.29) is 47.5 Å². The lowest BCUT2D eigenvalue weighted by Crippen LogP contribution is -2.25. The van der Waals surface area contributed by atoms with Crippen molar-refractivity contribution < 1.29 is 40.7 Å². The summed E-state index contributed by atoms with van der Waals surface area (Å²) in [4.78, 5) is 34.0. The number of nitrogens with zero attached hydrogens (tertiary/aromatic N) is 4. The Bertz CT molecular complexity index is 1920. The number of nitrogens with one attached hydrogen (secondary N) is 1. The van der Waals surface area contributed by atoms with Crippen LogP contribution < -0.4 is 5.32 Å². The Balaban J connectivity index is 0.000000286. The molecule has 0 aliphatic heterocycles. The van der Waals surface area contributed by atoms with Crippen molar-refractivity contribution in [3.63, 3.8) is 0 Å². The fraction of sp³-hybridized carbons (Fsp3) is 0.755. The van der Waals surface area contributed by atoms with E-state index in [2.05, 4.69) is 39.4 Å². The molecule has 2 aliphatic carbocycles. The highest BCUT2D eigenvalue weighted by molar-refractivity contribution is 7.86. The monoisotopic (exact) mass is 914 g/mol. The molecule has 0 saturated heterocycles. The largest absolute Gasteiger partial charge is 0.460 e. The van der Waals surface area contributed by atoms with Crippen LogP contribution in [-0.2, 0) is 46.5 Å². The average Bonchev–Trinajstić information content (AvgIpc) is 3.90. The van der Waals surface area contributed by atoms with Crippen LogP contribution in [0, 0.1) is 24.7 Å². The molecule has 14 nitrogen and oxygen atoms in total. The van der Waals surface area contributed by atoms with Gasteiger partial charge in [0.25, 0.3) is 10.1 Å². The van der Waals surface area contributed by atoms with Gasteiger partial charge >= 0.3 is 11.9 Å². The van der Waals surface area contributed by atoms with Crippen LogP contribution in [0.2, 0.25) is 0 Å². The first kappa shape index (κ1) is 52.9. The van der Waals surface area contributed by atoms with Crippen LogP contribution in [0.5, 0.6) is 0 Å². The lowest BCUT2D eigenvalue weighted by Gasteiger charge is -2.23. The van der Waals surface area contributed by atoms with Crippen molar-refractivity contribution in [3.8, 4) is 0 Å². The minimum Gasteiger partial charge on any atom is -0.460 e. The molecule has 2 fully saturated rings. The lowest BCUT2D eigenvalue weighted by atomic mass is 9.84. The molecule has 64 heavy (non-hydrogen) atoms. The fourth-order valence-corrected chi connectivity index (χ4v) is 9.29. The van der Waals surface area contributed by atoms with Crippen molar-refractivity contribution in [1.82, 2.24) is 25.6 Å². The zero-order valence-electron chi connectivity index (χ0n) is 40.4. The van der Waals surface area contributed by atoms with Gasteiger partial charge in [0, 0.05) is 11.8 Å². The third-order valence-corrected chi connectivity index (χ3v) is 12.9. The Hall–Kier alpha value is -3.69. The molecule has 0 radical (unpaired) electrons. The minimum atomic E-state index is -3.95. The van der Waals surface area contributed by atoms with Crippen LogP contribution in [0.3, 0.4) is 0 Å². The molecule has 1 aromatic carbocycles. The van der Waals surface area contributed by atoms with Crippen LogP contribution >= 0.6 is 0 Å². The molecule has 2 aromatic heterocycles. The van der Waals surface area contributed by atoms with Crippen LogP contribution in [-0.4, -0.2) is 58.4 Å². The number of ether oxygens (including phenoxy) is 2. The molecule has 0 spiro atoms. The predicted octanol–water partition coefficient (Wildman–Crippen LogP) is 11.2. The van der Waals surface area contributed by atoms with E-state index in [4.69, 9.17) is 22.7 Å². The predicted molar refractivity (Wildman–Crippen MR) is 246 cm³/mol. The summed E-state index contributed by atoms with van der Waals surface area (Å²) in [6.45, 7) is 18.5. The number of benzene rings is 1. The Morgan fingerprint density at radius 1 is 0.719 bits per heavy atom. The van der Waals surface area contributed by atoms with Gasteiger partial charge in [-0.15, -0.1) is 0 Å². The van der Waals surface area contributed by atoms with Crippen molar-refractivity contribution in [3.05, 3.63) is 53.3 Å². The van der Waals surface area contributed by atoms with Crippen molar-refractivity contribution in [2.24, 2.45) is 17.8 Å². The molecule has 2 heterocycles. The van der Waals surface area contributed by atoms with E-state index in [1.165, 1.54) is 82.8 Å². The molecule has 5 rings (SSSR count).